The molecule has 0 aliphatic carbocycles. The average Bonchev–Trinajstić information content (AvgIpc) is 2.81. The van der Waals surface area contributed by atoms with Crippen LogP contribution in [0.25, 0.3) is 0 Å². The van der Waals surface area contributed by atoms with Crippen LogP contribution in [0.3, 0.4) is 0 Å². The van der Waals surface area contributed by atoms with Crippen molar-refractivity contribution in [1.29, 1.82) is 0 Å². The maximum absolute atomic E-state index is 12.9. The number of carbonyl (C=O) groups excluding carboxylic acids is 1. The van der Waals surface area contributed by atoms with Gasteiger partial charge in [0.05, 0.1) is 11.5 Å². The van der Waals surface area contributed by atoms with E-state index in [4.69, 9.17) is 4.74 Å². The van der Waals surface area contributed by atoms with Crippen LogP contribution in [0.1, 0.15) is 48.9 Å². The molecule has 3 aromatic rings. The second-order valence-corrected chi connectivity index (χ2v) is 11.7. The van der Waals surface area contributed by atoms with E-state index in [9.17, 15) is 13.2 Å². The molecule has 0 aliphatic rings. The van der Waals surface area contributed by atoms with Gasteiger partial charge in [0, 0.05) is 16.8 Å². The van der Waals surface area contributed by atoms with E-state index in [0.29, 0.717) is 24.4 Å². The molecule has 0 bridgehead atoms. The first-order valence-electron chi connectivity index (χ1n) is 12.1. The Labute approximate surface area is 215 Å². The summed E-state index contributed by atoms with van der Waals surface area (Å²) in [6.45, 7) is 12.3. The van der Waals surface area contributed by atoms with Crippen LogP contribution in [0, 0.1) is 33.1 Å². The number of amides is 1. The number of carbonyl (C=O) groups is 1. The fraction of sp³-hybridized carbons (Fsp3) is 0.345. The van der Waals surface area contributed by atoms with Crippen molar-refractivity contribution >= 4 is 27.3 Å². The van der Waals surface area contributed by atoms with Crippen LogP contribution in [0.2, 0.25) is 0 Å². The lowest BCUT2D eigenvalue weighted by Crippen LogP contribution is -2.31. The highest BCUT2D eigenvalue weighted by atomic mass is 32.2. The highest BCUT2D eigenvalue weighted by Gasteiger charge is 2.27. The second kappa shape index (κ2) is 11.2. The number of hydrogen-bond donors (Lipinski definition) is 2. The van der Waals surface area contributed by atoms with Crippen molar-refractivity contribution in [3.8, 4) is 5.75 Å². The number of benzene rings is 3. The number of rotatable bonds is 10. The van der Waals surface area contributed by atoms with Crippen LogP contribution < -0.4 is 14.8 Å². The summed E-state index contributed by atoms with van der Waals surface area (Å²) in [6, 6.07) is 17.7. The van der Waals surface area contributed by atoms with Crippen molar-refractivity contribution in [2.24, 2.45) is 5.41 Å². The summed E-state index contributed by atoms with van der Waals surface area (Å²) in [5.74, 6) is 0.748. The molecule has 0 spiro atoms. The van der Waals surface area contributed by atoms with Crippen LogP contribution in [-0.2, 0) is 14.8 Å². The standard InChI is InChI=1S/C29H36N2O4S/c1-20-8-9-22(3)27(18-20)35-17-7-16-29(5,6)28(32)30-24-12-14-26(15-13-24)36(33,34)31-25-11-10-21(2)23(4)19-25/h8-15,18-19,31H,7,16-17H2,1-6H3,(H,30,32). The lowest BCUT2D eigenvalue weighted by atomic mass is 9.87. The SMILES string of the molecule is Cc1ccc(C)c(OCCCC(C)(C)C(=O)Nc2ccc(S(=O)(=O)Nc3ccc(C)c(C)c3)cc2)c1. The van der Waals surface area contributed by atoms with Gasteiger partial charge in [0.25, 0.3) is 10.0 Å². The minimum Gasteiger partial charge on any atom is -0.493 e. The zero-order chi connectivity index (χ0) is 26.5. The Balaban J connectivity index is 1.55. The highest BCUT2D eigenvalue weighted by molar-refractivity contribution is 7.92. The van der Waals surface area contributed by atoms with E-state index >= 15 is 0 Å². The Kier molecular flexibility index (Phi) is 8.46. The molecule has 7 heteroatoms. The molecular formula is C29H36N2O4S. The third kappa shape index (κ3) is 7.10. The summed E-state index contributed by atoms with van der Waals surface area (Å²) in [4.78, 5) is 13.0. The Morgan fingerprint density at radius 3 is 2.14 bits per heavy atom. The summed E-state index contributed by atoms with van der Waals surface area (Å²) < 4.78 is 34.1. The van der Waals surface area contributed by atoms with E-state index in [1.54, 1.807) is 24.3 Å². The molecule has 192 valence electrons. The maximum Gasteiger partial charge on any atom is 0.261 e. The third-order valence-corrected chi connectivity index (χ3v) is 7.74. The highest BCUT2D eigenvalue weighted by Crippen LogP contribution is 2.27. The van der Waals surface area contributed by atoms with E-state index < -0.39 is 15.4 Å². The van der Waals surface area contributed by atoms with Gasteiger partial charge in [-0.1, -0.05) is 32.0 Å². The summed E-state index contributed by atoms with van der Waals surface area (Å²) in [5.41, 5.74) is 4.79. The number of ether oxygens (including phenoxy) is 1. The van der Waals surface area contributed by atoms with Crippen LogP contribution >= 0.6 is 0 Å². The molecule has 36 heavy (non-hydrogen) atoms. The van der Waals surface area contributed by atoms with E-state index in [1.165, 1.54) is 12.1 Å². The molecule has 0 aromatic heterocycles. The van der Waals surface area contributed by atoms with Gasteiger partial charge in [0.2, 0.25) is 5.91 Å². The van der Waals surface area contributed by atoms with Crippen molar-refractivity contribution in [3.63, 3.8) is 0 Å². The van der Waals surface area contributed by atoms with Crippen LogP contribution in [0.15, 0.2) is 65.6 Å². The smallest absolute Gasteiger partial charge is 0.261 e. The van der Waals surface area contributed by atoms with Crippen molar-refractivity contribution < 1.29 is 17.9 Å². The van der Waals surface area contributed by atoms with Crippen molar-refractivity contribution in [2.45, 2.75) is 59.3 Å². The molecule has 3 aromatic carbocycles. The van der Waals surface area contributed by atoms with Gasteiger partial charge >= 0.3 is 0 Å². The normalized spacial score (nSPS) is 11.7. The van der Waals surface area contributed by atoms with Crippen molar-refractivity contribution in [2.75, 3.05) is 16.6 Å². The third-order valence-electron chi connectivity index (χ3n) is 6.34. The molecule has 0 radical (unpaired) electrons. The summed E-state index contributed by atoms with van der Waals surface area (Å²) in [6.07, 6.45) is 1.38. The molecule has 0 fully saturated rings. The first-order valence-corrected chi connectivity index (χ1v) is 13.6. The van der Waals surface area contributed by atoms with Gasteiger partial charge in [-0.15, -0.1) is 0 Å². The van der Waals surface area contributed by atoms with Crippen LogP contribution in [-0.4, -0.2) is 20.9 Å². The lowest BCUT2D eigenvalue weighted by Gasteiger charge is -2.24. The number of sulfonamides is 1. The van der Waals surface area contributed by atoms with Gasteiger partial charge in [0.1, 0.15) is 5.75 Å². The topological polar surface area (TPSA) is 84.5 Å². The predicted octanol–water partition coefficient (Wildman–Crippen LogP) is 6.54. The Morgan fingerprint density at radius 2 is 1.47 bits per heavy atom. The summed E-state index contributed by atoms with van der Waals surface area (Å²) in [7, 11) is -3.74. The minimum atomic E-state index is -3.74. The van der Waals surface area contributed by atoms with E-state index in [0.717, 1.165) is 34.4 Å². The first kappa shape index (κ1) is 27.3. The quantitative estimate of drug-likeness (QED) is 0.304. The van der Waals surface area contributed by atoms with Crippen molar-refractivity contribution in [3.05, 3.63) is 82.9 Å². The van der Waals surface area contributed by atoms with Gasteiger partial charge in [0.15, 0.2) is 0 Å². The lowest BCUT2D eigenvalue weighted by molar-refractivity contribution is -0.124. The number of nitrogens with one attached hydrogen (secondary N) is 2. The second-order valence-electron chi connectivity index (χ2n) is 9.99. The number of aryl methyl sites for hydroxylation is 4. The van der Waals surface area contributed by atoms with E-state index in [1.807, 2.05) is 59.7 Å². The number of anilines is 2. The Hall–Kier alpha value is -3.32. The predicted molar refractivity (Wildman–Crippen MR) is 146 cm³/mol. The maximum atomic E-state index is 12.9. The van der Waals surface area contributed by atoms with Crippen LogP contribution in [0.4, 0.5) is 11.4 Å². The van der Waals surface area contributed by atoms with E-state index in [-0.39, 0.29) is 10.8 Å². The largest absolute Gasteiger partial charge is 0.493 e. The molecule has 0 saturated heterocycles. The monoisotopic (exact) mass is 508 g/mol. The Morgan fingerprint density at radius 1 is 0.833 bits per heavy atom. The Bertz CT molecular complexity index is 1330. The van der Waals surface area contributed by atoms with Gasteiger partial charge in [-0.3, -0.25) is 9.52 Å². The first-order chi connectivity index (χ1) is 16.9. The minimum absolute atomic E-state index is 0.126. The van der Waals surface area contributed by atoms with Gasteiger partial charge in [-0.05, 0) is 105 Å². The van der Waals surface area contributed by atoms with Gasteiger partial charge in [-0.2, -0.15) is 0 Å². The average molecular weight is 509 g/mol. The molecule has 0 heterocycles. The van der Waals surface area contributed by atoms with Gasteiger partial charge in [-0.25, -0.2) is 8.42 Å². The fourth-order valence-electron chi connectivity index (χ4n) is 3.71. The van der Waals surface area contributed by atoms with Gasteiger partial charge < -0.3 is 10.1 Å². The fourth-order valence-corrected chi connectivity index (χ4v) is 4.76. The molecular weight excluding hydrogens is 472 g/mol. The van der Waals surface area contributed by atoms with Crippen molar-refractivity contribution in [1.82, 2.24) is 0 Å². The molecule has 0 aliphatic heterocycles. The molecule has 1 amide bonds. The zero-order valence-electron chi connectivity index (χ0n) is 21.9. The zero-order valence-corrected chi connectivity index (χ0v) is 22.8. The molecule has 3 rings (SSSR count). The number of hydrogen-bond acceptors (Lipinski definition) is 4. The molecule has 0 saturated carbocycles. The summed E-state index contributed by atoms with van der Waals surface area (Å²) in [5, 5.41) is 2.90. The summed E-state index contributed by atoms with van der Waals surface area (Å²) >= 11 is 0. The molecule has 2 N–H and O–H groups in total. The van der Waals surface area contributed by atoms with Crippen LogP contribution in [0.5, 0.6) is 5.75 Å². The molecule has 6 nitrogen and oxygen atoms in total. The molecule has 0 unspecified atom stereocenters. The molecule has 0 atom stereocenters. The van der Waals surface area contributed by atoms with E-state index in [2.05, 4.69) is 16.1 Å².